The van der Waals surface area contributed by atoms with Gasteiger partial charge in [0.1, 0.15) is 51.6 Å². The fraction of sp³-hybridized carbons (Fsp3) is 0.390. The number of para-hydroxylation sites is 3. The van der Waals surface area contributed by atoms with Gasteiger partial charge in [-0.2, -0.15) is 0 Å². The fourth-order valence-corrected chi connectivity index (χ4v) is 19.1. The number of hydrogen-bond donors (Lipinski definition) is 0. The first kappa shape index (κ1) is 79.7. The molecule has 13 aromatic rings. The Morgan fingerprint density at radius 2 is 0.688 bits per heavy atom. The lowest BCUT2D eigenvalue weighted by atomic mass is 9.72. The van der Waals surface area contributed by atoms with Crippen molar-refractivity contribution in [1.29, 1.82) is 0 Å². The standard InChI is InChI=1S/C98H109N3O7.C2H4O2/c1-56(2)66-28-27-29-67(57(3)4)86(66)101-89(103)70-50-76(107-64-44-36-60(37-45-64)97(21,22)54-93(11,12)13)82-80-74(105-62-40-32-58(33-41-62)95(17,18)52-91(5,6)7)48-68-78-69(88(102)100-73-31-26-25-30-72(73)99-87(68)100)49-75(106-63-42-34-59(35-43-63)96(19,20)53-92(8,9)10)81(84(78)80)83-77(51-71(90(101)104)79(70)85(82)83)108-65-46-38-61(39-47-65)98(23,24)55-94(14,15)16;1-4-2-3/h25-51,56-57H,52-55H2,1-24H3;2H,1H3. The van der Waals surface area contributed by atoms with Gasteiger partial charge in [0.25, 0.3) is 23.8 Å². The molecule has 0 radical (unpaired) electrons. The SMILES string of the molecule is CC(C)c1cccc(C(C)C)c1N1C(=O)c2cc(Oc3ccc(C(C)(C)CC(C)(C)C)cc3)c3c4c(Oc5ccc(C(C)(C)CC(C)(C)C)cc5)cc5c(=O)n6c7ccccc7nc6c6cc(Oc7ccc(C(C)(C)CC(C)(C)C)cc7)c(c7c(Oc8ccc(C(C)(C)CC(C)(C)C)cc8)cc(c2c37)C1=O)c4c56.COC=O. The van der Waals surface area contributed by atoms with E-state index in [-0.39, 0.29) is 71.8 Å². The van der Waals surface area contributed by atoms with Crippen LogP contribution in [0, 0.1) is 21.7 Å². The summed E-state index contributed by atoms with van der Waals surface area (Å²) in [7, 11) is 1.31. The molecule has 0 N–H and O–H groups in total. The minimum atomic E-state index is -0.497. The average molecular weight is 1500 g/mol. The monoisotopic (exact) mass is 1500 g/mol. The van der Waals surface area contributed by atoms with E-state index in [1.54, 1.807) is 4.40 Å². The molecule has 0 unspecified atom stereocenters. The van der Waals surface area contributed by atoms with E-state index in [1.165, 1.54) is 17.6 Å². The predicted molar refractivity (Wildman–Crippen MR) is 462 cm³/mol. The summed E-state index contributed by atoms with van der Waals surface area (Å²) in [6, 6.07) is 54.8. The number of carbonyl (C=O) groups is 3. The molecule has 0 bridgehead atoms. The number of aromatic nitrogens is 2. The highest BCUT2D eigenvalue weighted by Gasteiger charge is 2.43. The first-order valence-electron chi connectivity index (χ1n) is 39.8. The molecular formula is C100H113N3O9. The molecule has 0 fully saturated rings. The number of ether oxygens (including phenoxy) is 5. The first-order chi connectivity index (χ1) is 52.3. The first-order valence-corrected chi connectivity index (χ1v) is 39.8. The summed E-state index contributed by atoms with van der Waals surface area (Å²) in [5.41, 5.74) is 8.35. The lowest BCUT2D eigenvalue weighted by Crippen LogP contribution is -2.42. The van der Waals surface area contributed by atoms with E-state index in [0.717, 1.165) is 53.5 Å². The van der Waals surface area contributed by atoms with Crippen molar-refractivity contribution in [3.05, 3.63) is 219 Å². The number of benzene rings is 11. The third-order valence-corrected chi connectivity index (χ3v) is 22.3. The molecular weight excluding hydrogens is 1390 g/mol. The van der Waals surface area contributed by atoms with Crippen molar-refractivity contribution < 1.29 is 38.1 Å². The molecule has 0 atom stereocenters. The maximum atomic E-state index is 16.8. The Morgan fingerprint density at radius 1 is 0.375 bits per heavy atom. The molecule has 1 aliphatic heterocycles. The smallest absolute Gasteiger partial charge is 0.292 e. The van der Waals surface area contributed by atoms with Gasteiger partial charge >= 0.3 is 0 Å². The van der Waals surface area contributed by atoms with Crippen LogP contribution in [0.2, 0.25) is 0 Å². The van der Waals surface area contributed by atoms with Crippen LogP contribution in [0.1, 0.15) is 258 Å². The zero-order chi connectivity index (χ0) is 81.2. The Labute approximate surface area is 661 Å². The molecule has 0 spiro atoms. The number of imidazole rings is 1. The van der Waals surface area contributed by atoms with Crippen LogP contribution in [0.25, 0.3) is 70.5 Å². The molecule has 0 saturated heterocycles. The molecule has 12 heteroatoms. The molecule has 0 saturated carbocycles. The van der Waals surface area contributed by atoms with E-state index < -0.39 is 11.8 Å². The molecule has 2 aromatic heterocycles. The Balaban J connectivity index is 0.00000268. The third kappa shape index (κ3) is 15.3. The number of nitrogens with zero attached hydrogens (tertiary/aromatic N) is 3. The number of rotatable bonds is 20. The van der Waals surface area contributed by atoms with Gasteiger partial charge in [0.15, 0.2) is 0 Å². The van der Waals surface area contributed by atoms with Gasteiger partial charge in [-0.25, -0.2) is 9.88 Å². The molecule has 0 aliphatic carbocycles. The van der Waals surface area contributed by atoms with E-state index in [4.69, 9.17) is 28.7 Å². The van der Waals surface area contributed by atoms with Crippen LogP contribution in [0.5, 0.6) is 46.0 Å². The summed E-state index contributed by atoms with van der Waals surface area (Å²) >= 11 is 0. The van der Waals surface area contributed by atoms with E-state index in [9.17, 15) is 0 Å². The second-order valence-electron chi connectivity index (χ2n) is 39.6. The number of imide groups is 1. The molecule has 582 valence electrons. The summed E-state index contributed by atoms with van der Waals surface area (Å²) in [6.07, 6.45) is 3.75. The highest BCUT2D eigenvalue weighted by Crippen LogP contribution is 2.59. The molecule has 12 nitrogen and oxygen atoms in total. The quantitative estimate of drug-likeness (QED) is 0.0314. The van der Waals surface area contributed by atoms with Crippen molar-refractivity contribution in [2.24, 2.45) is 21.7 Å². The highest BCUT2D eigenvalue weighted by molar-refractivity contribution is 6.47. The molecule has 11 aromatic carbocycles. The topological polar surface area (TPSA) is 135 Å². The minimum Gasteiger partial charge on any atom is -0.471 e. The number of fused-ring (bicyclic) bond motifs is 6. The van der Waals surface area contributed by atoms with Crippen molar-refractivity contribution in [2.75, 3.05) is 12.0 Å². The minimum absolute atomic E-state index is 0.0465. The summed E-state index contributed by atoms with van der Waals surface area (Å²) < 4.78 is 36.1. The van der Waals surface area contributed by atoms with Crippen LogP contribution in [0.3, 0.4) is 0 Å². The Bertz CT molecular complexity index is 5670. The number of amides is 2. The van der Waals surface area contributed by atoms with Crippen molar-refractivity contribution in [1.82, 2.24) is 9.38 Å². The van der Waals surface area contributed by atoms with Crippen LogP contribution in [0.4, 0.5) is 5.69 Å². The number of carbonyl (C=O) groups excluding carboxylic acids is 3. The Morgan fingerprint density at radius 3 is 1.01 bits per heavy atom. The molecule has 3 heterocycles. The van der Waals surface area contributed by atoms with Crippen LogP contribution in [-0.2, 0) is 31.2 Å². The Kier molecular flexibility index (Phi) is 20.4. The normalized spacial score (nSPS) is 13.6. The molecule has 14 rings (SSSR count). The lowest BCUT2D eigenvalue weighted by Gasteiger charge is -2.34. The number of pyridine rings is 1. The maximum absolute atomic E-state index is 16.8. The van der Waals surface area contributed by atoms with Crippen molar-refractivity contribution >= 4 is 94.5 Å². The van der Waals surface area contributed by atoms with Gasteiger partial charge in [-0.05, 0) is 199 Å². The zero-order valence-corrected chi connectivity index (χ0v) is 70.7. The largest absolute Gasteiger partial charge is 0.471 e. The number of hydrogen-bond acceptors (Lipinski definition) is 10. The summed E-state index contributed by atoms with van der Waals surface area (Å²) in [5.74, 6) is 2.38. The van der Waals surface area contributed by atoms with Gasteiger partial charge in [0.2, 0.25) is 0 Å². The van der Waals surface area contributed by atoms with Gasteiger partial charge in [0, 0.05) is 48.5 Å². The van der Waals surface area contributed by atoms with Gasteiger partial charge in [-0.15, -0.1) is 0 Å². The van der Waals surface area contributed by atoms with Crippen molar-refractivity contribution in [3.63, 3.8) is 0 Å². The Hall–Kier alpha value is -10.3. The fourth-order valence-electron chi connectivity index (χ4n) is 19.1. The second kappa shape index (κ2) is 28.7. The van der Waals surface area contributed by atoms with Crippen LogP contribution < -0.4 is 29.4 Å². The molecule has 1 aliphatic rings. The summed E-state index contributed by atoms with van der Waals surface area (Å²) in [5, 5.41) is 5.37. The van der Waals surface area contributed by atoms with E-state index in [2.05, 4.69) is 219 Å². The molecule has 2 amide bonds. The van der Waals surface area contributed by atoms with Crippen LogP contribution in [0.15, 0.2) is 169 Å². The van der Waals surface area contributed by atoms with E-state index in [0.29, 0.717) is 129 Å². The zero-order valence-electron chi connectivity index (χ0n) is 70.7. The van der Waals surface area contributed by atoms with Crippen LogP contribution >= 0.6 is 0 Å². The van der Waals surface area contributed by atoms with Crippen molar-refractivity contribution in [2.45, 2.75) is 225 Å². The van der Waals surface area contributed by atoms with Gasteiger partial charge < -0.3 is 23.7 Å². The van der Waals surface area contributed by atoms with E-state index in [1.807, 2.05) is 115 Å². The highest BCUT2D eigenvalue weighted by atomic mass is 16.5. The van der Waals surface area contributed by atoms with E-state index >= 15 is 14.4 Å². The van der Waals surface area contributed by atoms with Gasteiger partial charge in [-0.1, -0.05) is 245 Å². The lowest BCUT2D eigenvalue weighted by molar-refractivity contribution is -0.126. The number of anilines is 1. The van der Waals surface area contributed by atoms with Crippen LogP contribution in [-0.4, -0.2) is 34.8 Å². The molecule has 112 heavy (non-hydrogen) atoms. The summed E-state index contributed by atoms with van der Waals surface area (Å²) in [4.78, 5) is 65.7. The average Bonchev–Trinajstić information content (AvgIpc) is 0.954. The van der Waals surface area contributed by atoms with Crippen molar-refractivity contribution in [3.8, 4) is 46.0 Å². The predicted octanol–water partition coefficient (Wildman–Crippen LogP) is 27.4. The van der Waals surface area contributed by atoms with Gasteiger partial charge in [-0.3, -0.25) is 23.6 Å². The third-order valence-electron chi connectivity index (χ3n) is 22.3. The second-order valence-corrected chi connectivity index (χ2v) is 39.6. The maximum Gasteiger partial charge on any atom is 0.292 e. The van der Waals surface area contributed by atoms with Gasteiger partial charge in [0.05, 0.1) is 40.3 Å². The number of methoxy groups -OCH3 is 1. The summed E-state index contributed by atoms with van der Waals surface area (Å²) in [6.45, 7) is 54.4.